The van der Waals surface area contributed by atoms with E-state index in [1.807, 2.05) is 0 Å². The van der Waals surface area contributed by atoms with Gasteiger partial charge < -0.3 is 10.3 Å². The van der Waals surface area contributed by atoms with E-state index < -0.39 is 0 Å². The van der Waals surface area contributed by atoms with Crippen LogP contribution in [0.1, 0.15) is 31.7 Å². The largest absolute Gasteiger partial charge is 0.369 e. The number of piperidine rings is 1. The van der Waals surface area contributed by atoms with Crippen molar-refractivity contribution in [3.8, 4) is 0 Å². The van der Waals surface area contributed by atoms with Gasteiger partial charge in [0.15, 0.2) is 0 Å². The van der Waals surface area contributed by atoms with Crippen LogP contribution >= 0.6 is 22.6 Å². The number of anilines is 1. The molecule has 0 bridgehead atoms. The van der Waals surface area contributed by atoms with E-state index in [4.69, 9.17) is 5.73 Å². The van der Waals surface area contributed by atoms with Crippen molar-refractivity contribution in [2.75, 3.05) is 18.8 Å². The fraction of sp³-hybridized carbons (Fsp3) is 0.533. The Morgan fingerprint density at radius 3 is 2.95 bits per heavy atom. The minimum atomic E-state index is 0.500. The van der Waals surface area contributed by atoms with Crippen LogP contribution in [-0.4, -0.2) is 33.6 Å². The summed E-state index contributed by atoms with van der Waals surface area (Å²) in [5.41, 5.74) is 8.46. The van der Waals surface area contributed by atoms with Gasteiger partial charge in [-0.1, -0.05) is 6.42 Å². The molecule has 0 spiro atoms. The van der Waals surface area contributed by atoms with Crippen LogP contribution in [0.15, 0.2) is 18.2 Å². The first-order valence-electron chi connectivity index (χ1n) is 7.41. The fourth-order valence-corrected chi connectivity index (χ4v) is 4.44. The van der Waals surface area contributed by atoms with Gasteiger partial charge >= 0.3 is 0 Å². The van der Waals surface area contributed by atoms with Crippen molar-refractivity contribution >= 4 is 39.6 Å². The van der Waals surface area contributed by atoms with Gasteiger partial charge in [-0.05, 0) is 66.6 Å². The topological polar surface area (TPSA) is 47.1 Å². The summed E-state index contributed by atoms with van der Waals surface area (Å²) in [6.07, 6.45) is 5.20. The van der Waals surface area contributed by atoms with Crippen molar-refractivity contribution in [2.45, 2.75) is 37.8 Å². The first kappa shape index (κ1) is 12.9. The van der Waals surface area contributed by atoms with Crippen LogP contribution in [-0.2, 0) is 0 Å². The molecule has 2 unspecified atom stereocenters. The van der Waals surface area contributed by atoms with E-state index in [0.717, 1.165) is 5.52 Å². The molecule has 20 heavy (non-hydrogen) atoms. The molecule has 5 heteroatoms. The lowest BCUT2D eigenvalue weighted by atomic mass is 9.99. The van der Waals surface area contributed by atoms with E-state index in [1.165, 1.54) is 47.9 Å². The molecule has 0 saturated carbocycles. The van der Waals surface area contributed by atoms with E-state index in [1.54, 1.807) is 0 Å². The average Bonchev–Trinajstić information content (AvgIpc) is 2.98. The zero-order valence-electron chi connectivity index (χ0n) is 11.4. The van der Waals surface area contributed by atoms with Gasteiger partial charge in [0.25, 0.3) is 0 Å². The van der Waals surface area contributed by atoms with Crippen molar-refractivity contribution in [3.05, 3.63) is 21.8 Å². The molecule has 0 aliphatic carbocycles. The molecular formula is C15H19IN4. The number of nitrogens with zero attached hydrogens (tertiary/aromatic N) is 3. The summed E-state index contributed by atoms with van der Waals surface area (Å²) in [5.74, 6) is 0.680. The minimum Gasteiger partial charge on any atom is -0.369 e. The lowest BCUT2D eigenvalue weighted by Gasteiger charge is -2.33. The van der Waals surface area contributed by atoms with Crippen molar-refractivity contribution in [2.24, 2.45) is 0 Å². The SMILES string of the molecule is Nc1nc2cc(I)ccc2n1C1CCN2CCCCC12. The van der Waals surface area contributed by atoms with E-state index in [-0.39, 0.29) is 0 Å². The van der Waals surface area contributed by atoms with Crippen LogP contribution in [0.5, 0.6) is 0 Å². The number of halogens is 1. The summed E-state index contributed by atoms with van der Waals surface area (Å²) in [4.78, 5) is 7.22. The van der Waals surface area contributed by atoms with Gasteiger partial charge in [0.2, 0.25) is 5.95 Å². The Bertz CT molecular complexity index is 651. The molecule has 2 N–H and O–H groups in total. The number of hydrogen-bond donors (Lipinski definition) is 1. The maximum atomic E-state index is 6.24. The maximum absolute atomic E-state index is 6.24. The Hall–Kier alpha value is -0.820. The molecule has 106 valence electrons. The Labute approximate surface area is 132 Å². The lowest BCUT2D eigenvalue weighted by Crippen LogP contribution is -2.37. The second-order valence-corrected chi connectivity index (χ2v) is 7.17. The first-order valence-corrected chi connectivity index (χ1v) is 8.49. The van der Waals surface area contributed by atoms with Crippen molar-refractivity contribution in [1.29, 1.82) is 0 Å². The van der Waals surface area contributed by atoms with E-state index in [2.05, 4.69) is 55.2 Å². The molecule has 0 radical (unpaired) electrons. The summed E-state index contributed by atoms with van der Waals surface area (Å²) in [5, 5.41) is 0. The second-order valence-electron chi connectivity index (χ2n) is 5.93. The Balaban J connectivity index is 1.80. The zero-order chi connectivity index (χ0) is 13.7. The molecule has 2 aliphatic rings. The highest BCUT2D eigenvalue weighted by Crippen LogP contribution is 2.38. The Kier molecular flexibility index (Phi) is 3.14. The fourth-order valence-electron chi connectivity index (χ4n) is 3.96. The predicted molar refractivity (Wildman–Crippen MR) is 89.7 cm³/mol. The summed E-state index contributed by atoms with van der Waals surface area (Å²) < 4.78 is 3.51. The average molecular weight is 382 g/mol. The number of aromatic nitrogens is 2. The summed E-state index contributed by atoms with van der Waals surface area (Å²) >= 11 is 2.33. The molecular weight excluding hydrogens is 363 g/mol. The van der Waals surface area contributed by atoms with Crippen LogP contribution in [0, 0.1) is 3.57 Å². The molecule has 1 aromatic heterocycles. The molecule has 2 saturated heterocycles. The third-order valence-corrected chi connectivity index (χ3v) is 5.50. The number of fused-ring (bicyclic) bond motifs is 2. The van der Waals surface area contributed by atoms with Gasteiger partial charge in [-0.2, -0.15) is 0 Å². The number of hydrogen-bond acceptors (Lipinski definition) is 3. The summed E-state index contributed by atoms with van der Waals surface area (Å²) in [6.45, 7) is 2.46. The van der Waals surface area contributed by atoms with Gasteiger partial charge in [0, 0.05) is 16.2 Å². The van der Waals surface area contributed by atoms with Gasteiger partial charge in [-0.3, -0.25) is 4.90 Å². The molecule has 0 amide bonds. The molecule has 3 heterocycles. The number of nitrogens with two attached hydrogens (primary N) is 1. The lowest BCUT2D eigenvalue weighted by molar-refractivity contribution is 0.175. The van der Waals surface area contributed by atoms with E-state index in [0.29, 0.717) is 18.0 Å². The second kappa shape index (κ2) is 4.87. The van der Waals surface area contributed by atoms with Crippen LogP contribution in [0.4, 0.5) is 5.95 Å². The van der Waals surface area contributed by atoms with E-state index in [9.17, 15) is 0 Å². The van der Waals surface area contributed by atoms with Gasteiger partial charge in [-0.25, -0.2) is 4.98 Å². The standard InChI is InChI=1S/C15H19IN4/c16-10-4-5-12-11(9-10)18-15(17)20(12)14-6-8-19-7-2-1-3-13(14)19/h4-5,9,13-14H,1-3,6-8H2,(H2,17,18). The third-order valence-electron chi connectivity index (χ3n) is 4.83. The van der Waals surface area contributed by atoms with Crippen LogP contribution in [0.3, 0.4) is 0 Å². The van der Waals surface area contributed by atoms with Crippen molar-refractivity contribution in [3.63, 3.8) is 0 Å². The summed E-state index contributed by atoms with van der Waals surface area (Å²) in [7, 11) is 0. The number of benzene rings is 1. The van der Waals surface area contributed by atoms with E-state index >= 15 is 0 Å². The Morgan fingerprint density at radius 1 is 1.15 bits per heavy atom. The summed E-state index contributed by atoms with van der Waals surface area (Å²) in [6, 6.07) is 7.60. The first-order chi connectivity index (χ1) is 9.74. The quantitative estimate of drug-likeness (QED) is 0.772. The molecule has 2 atom stereocenters. The van der Waals surface area contributed by atoms with Crippen LogP contribution in [0.25, 0.3) is 11.0 Å². The number of nitrogen functional groups attached to an aromatic ring is 1. The predicted octanol–water partition coefficient (Wildman–Crippen LogP) is 3.02. The maximum Gasteiger partial charge on any atom is 0.201 e. The molecule has 1 aromatic carbocycles. The normalized spacial score (nSPS) is 27.1. The van der Waals surface area contributed by atoms with Gasteiger partial charge in [0.05, 0.1) is 17.1 Å². The van der Waals surface area contributed by atoms with Crippen molar-refractivity contribution < 1.29 is 0 Å². The minimum absolute atomic E-state index is 0.500. The van der Waals surface area contributed by atoms with Crippen molar-refractivity contribution in [1.82, 2.24) is 14.5 Å². The number of rotatable bonds is 1. The molecule has 2 aliphatic heterocycles. The molecule has 4 rings (SSSR count). The van der Waals surface area contributed by atoms with Gasteiger partial charge in [0.1, 0.15) is 0 Å². The van der Waals surface area contributed by atoms with Crippen LogP contribution in [0.2, 0.25) is 0 Å². The highest BCUT2D eigenvalue weighted by Gasteiger charge is 2.37. The smallest absolute Gasteiger partial charge is 0.201 e. The highest BCUT2D eigenvalue weighted by atomic mass is 127. The number of imidazole rings is 1. The zero-order valence-corrected chi connectivity index (χ0v) is 13.6. The van der Waals surface area contributed by atoms with Gasteiger partial charge in [-0.15, -0.1) is 0 Å². The molecule has 2 aromatic rings. The Morgan fingerprint density at radius 2 is 2.05 bits per heavy atom. The van der Waals surface area contributed by atoms with Crippen LogP contribution < -0.4 is 5.73 Å². The monoisotopic (exact) mass is 382 g/mol. The highest BCUT2D eigenvalue weighted by molar-refractivity contribution is 14.1. The molecule has 4 nitrogen and oxygen atoms in total. The molecule has 2 fully saturated rings. The third kappa shape index (κ3) is 1.94.